The molecule has 0 spiro atoms. The summed E-state index contributed by atoms with van der Waals surface area (Å²) in [6.45, 7) is 2.46. The first-order valence-corrected chi connectivity index (χ1v) is 8.26. The summed E-state index contributed by atoms with van der Waals surface area (Å²) in [5.74, 6) is -4.21. The standard InChI is InChI=1S/C19H15F3N4O2/c1-2-28-12-5-3-11(4-6-12)23-16-10-9-15(25-26-16)19(27)24-14-8-7-13(20)17(21)18(14)22/h3-10H,2H2,1H3,(H,23,26)(H,24,27). The average molecular weight is 388 g/mol. The molecule has 0 aliphatic carbocycles. The first-order valence-electron chi connectivity index (χ1n) is 8.26. The highest BCUT2D eigenvalue weighted by Gasteiger charge is 2.17. The number of ether oxygens (including phenoxy) is 1. The molecule has 0 bridgehead atoms. The Morgan fingerprint density at radius 2 is 1.71 bits per heavy atom. The maximum Gasteiger partial charge on any atom is 0.276 e. The summed E-state index contributed by atoms with van der Waals surface area (Å²) in [5.41, 5.74) is 0.113. The lowest BCUT2D eigenvalue weighted by Crippen LogP contribution is -2.16. The van der Waals surface area contributed by atoms with Gasteiger partial charge in [0.15, 0.2) is 29.0 Å². The molecule has 3 aromatic rings. The number of aromatic nitrogens is 2. The van der Waals surface area contributed by atoms with Crippen LogP contribution in [-0.4, -0.2) is 22.7 Å². The summed E-state index contributed by atoms with van der Waals surface area (Å²) < 4.78 is 45.2. The fourth-order valence-corrected chi connectivity index (χ4v) is 2.28. The van der Waals surface area contributed by atoms with Gasteiger partial charge in [0, 0.05) is 5.69 Å². The van der Waals surface area contributed by atoms with Crippen molar-refractivity contribution >= 4 is 23.1 Å². The lowest BCUT2D eigenvalue weighted by Gasteiger charge is -2.08. The number of amides is 1. The third kappa shape index (κ3) is 4.37. The number of anilines is 3. The molecule has 9 heteroatoms. The highest BCUT2D eigenvalue weighted by Crippen LogP contribution is 2.21. The van der Waals surface area contributed by atoms with E-state index in [-0.39, 0.29) is 5.69 Å². The molecule has 3 rings (SSSR count). The molecule has 1 aromatic heterocycles. The molecule has 0 aliphatic heterocycles. The molecule has 0 atom stereocenters. The quantitative estimate of drug-likeness (QED) is 0.616. The third-order valence-corrected chi connectivity index (χ3v) is 3.62. The van der Waals surface area contributed by atoms with E-state index in [0.29, 0.717) is 18.5 Å². The van der Waals surface area contributed by atoms with Gasteiger partial charge in [-0.05, 0) is 55.5 Å². The zero-order valence-corrected chi connectivity index (χ0v) is 14.7. The van der Waals surface area contributed by atoms with E-state index in [0.717, 1.165) is 17.5 Å². The summed E-state index contributed by atoms with van der Waals surface area (Å²) in [7, 11) is 0. The van der Waals surface area contributed by atoms with Crippen LogP contribution in [0.1, 0.15) is 17.4 Å². The van der Waals surface area contributed by atoms with Gasteiger partial charge in [-0.25, -0.2) is 13.2 Å². The van der Waals surface area contributed by atoms with Crippen molar-refractivity contribution in [1.29, 1.82) is 0 Å². The second-order valence-corrected chi connectivity index (χ2v) is 5.56. The van der Waals surface area contributed by atoms with E-state index in [1.807, 2.05) is 6.92 Å². The predicted octanol–water partition coefficient (Wildman–Crippen LogP) is 4.29. The van der Waals surface area contributed by atoms with Crippen LogP contribution in [0.25, 0.3) is 0 Å². The molecule has 0 aliphatic rings. The molecule has 2 aromatic carbocycles. The van der Waals surface area contributed by atoms with Gasteiger partial charge in [0.25, 0.3) is 5.91 Å². The van der Waals surface area contributed by atoms with Gasteiger partial charge in [0.2, 0.25) is 0 Å². The van der Waals surface area contributed by atoms with Crippen LogP contribution in [0.2, 0.25) is 0 Å². The molecule has 0 unspecified atom stereocenters. The van der Waals surface area contributed by atoms with Crippen LogP contribution >= 0.6 is 0 Å². The van der Waals surface area contributed by atoms with Gasteiger partial charge < -0.3 is 15.4 Å². The summed E-state index contributed by atoms with van der Waals surface area (Å²) in [4.78, 5) is 12.1. The minimum atomic E-state index is -1.67. The summed E-state index contributed by atoms with van der Waals surface area (Å²) in [6, 6.07) is 11.6. The van der Waals surface area contributed by atoms with E-state index in [1.54, 1.807) is 24.3 Å². The van der Waals surface area contributed by atoms with Crippen LogP contribution in [0, 0.1) is 17.5 Å². The number of carbonyl (C=O) groups excluding carboxylic acids is 1. The van der Waals surface area contributed by atoms with Crippen LogP contribution in [0.3, 0.4) is 0 Å². The van der Waals surface area contributed by atoms with E-state index in [2.05, 4.69) is 20.8 Å². The van der Waals surface area contributed by atoms with Crippen molar-refractivity contribution in [3.63, 3.8) is 0 Å². The number of rotatable bonds is 6. The van der Waals surface area contributed by atoms with Crippen molar-refractivity contribution in [3.8, 4) is 5.75 Å². The summed E-state index contributed by atoms with van der Waals surface area (Å²) >= 11 is 0. The molecule has 0 fully saturated rings. The Balaban J connectivity index is 1.66. The zero-order valence-electron chi connectivity index (χ0n) is 14.7. The smallest absolute Gasteiger partial charge is 0.276 e. The lowest BCUT2D eigenvalue weighted by molar-refractivity contribution is 0.102. The highest BCUT2D eigenvalue weighted by molar-refractivity contribution is 6.02. The minimum absolute atomic E-state index is 0.124. The average Bonchev–Trinajstić information content (AvgIpc) is 2.70. The number of benzene rings is 2. The summed E-state index contributed by atoms with van der Waals surface area (Å²) in [6.07, 6.45) is 0. The van der Waals surface area contributed by atoms with Gasteiger partial charge in [-0.2, -0.15) is 0 Å². The first kappa shape index (κ1) is 19.2. The van der Waals surface area contributed by atoms with Crippen LogP contribution in [0.15, 0.2) is 48.5 Å². The van der Waals surface area contributed by atoms with Gasteiger partial charge in [-0.15, -0.1) is 10.2 Å². The fraction of sp³-hybridized carbons (Fsp3) is 0.105. The Labute approximate surface area is 158 Å². The number of hydrogen-bond donors (Lipinski definition) is 2. The molecular weight excluding hydrogens is 373 g/mol. The molecular formula is C19H15F3N4O2. The van der Waals surface area contributed by atoms with Gasteiger partial charge in [0.1, 0.15) is 5.75 Å². The Morgan fingerprint density at radius 1 is 0.964 bits per heavy atom. The molecule has 2 N–H and O–H groups in total. The minimum Gasteiger partial charge on any atom is -0.494 e. The van der Waals surface area contributed by atoms with E-state index in [9.17, 15) is 18.0 Å². The molecule has 1 heterocycles. The third-order valence-electron chi connectivity index (χ3n) is 3.62. The second-order valence-electron chi connectivity index (χ2n) is 5.56. The normalized spacial score (nSPS) is 10.4. The van der Waals surface area contributed by atoms with Crippen molar-refractivity contribution in [3.05, 3.63) is 71.7 Å². The monoisotopic (exact) mass is 388 g/mol. The Morgan fingerprint density at radius 3 is 2.36 bits per heavy atom. The predicted molar refractivity (Wildman–Crippen MR) is 97.2 cm³/mol. The second kappa shape index (κ2) is 8.38. The van der Waals surface area contributed by atoms with Crippen LogP contribution in [0.4, 0.5) is 30.4 Å². The van der Waals surface area contributed by atoms with Crippen LogP contribution < -0.4 is 15.4 Å². The van der Waals surface area contributed by atoms with Crippen molar-refractivity contribution in [2.24, 2.45) is 0 Å². The number of carbonyl (C=O) groups is 1. The van der Waals surface area contributed by atoms with Crippen molar-refractivity contribution in [2.75, 3.05) is 17.2 Å². The van der Waals surface area contributed by atoms with E-state index < -0.39 is 29.0 Å². The zero-order chi connectivity index (χ0) is 20.1. The van der Waals surface area contributed by atoms with Crippen molar-refractivity contribution in [1.82, 2.24) is 10.2 Å². The van der Waals surface area contributed by atoms with Crippen LogP contribution in [0.5, 0.6) is 5.75 Å². The van der Waals surface area contributed by atoms with Gasteiger partial charge in [-0.1, -0.05) is 0 Å². The van der Waals surface area contributed by atoms with Crippen molar-refractivity contribution < 1.29 is 22.7 Å². The van der Waals surface area contributed by atoms with E-state index in [4.69, 9.17) is 4.74 Å². The van der Waals surface area contributed by atoms with E-state index in [1.165, 1.54) is 12.1 Å². The molecule has 1 amide bonds. The largest absolute Gasteiger partial charge is 0.494 e. The summed E-state index contributed by atoms with van der Waals surface area (Å²) in [5, 5.41) is 12.7. The number of nitrogens with zero attached hydrogens (tertiary/aromatic N) is 2. The molecule has 6 nitrogen and oxygen atoms in total. The lowest BCUT2D eigenvalue weighted by atomic mass is 10.2. The topological polar surface area (TPSA) is 76.1 Å². The fourth-order valence-electron chi connectivity index (χ4n) is 2.28. The SMILES string of the molecule is CCOc1ccc(Nc2ccc(C(=O)Nc3ccc(F)c(F)c3F)nn2)cc1. The number of hydrogen-bond acceptors (Lipinski definition) is 5. The van der Waals surface area contributed by atoms with Crippen molar-refractivity contribution in [2.45, 2.75) is 6.92 Å². The Bertz CT molecular complexity index is 980. The Hall–Kier alpha value is -3.62. The van der Waals surface area contributed by atoms with Crippen LogP contribution in [-0.2, 0) is 0 Å². The maximum absolute atomic E-state index is 13.6. The maximum atomic E-state index is 13.6. The first-order chi connectivity index (χ1) is 13.5. The highest BCUT2D eigenvalue weighted by atomic mass is 19.2. The van der Waals surface area contributed by atoms with E-state index >= 15 is 0 Å². The molecule has 0 saturated heterocycles. The number of nitrogens with one attached hydrogen (secondary N) is 2. The Kier molecular flexibility index (Phi) is 5.73. The molecule has 0 saturated carbocycles. The molecule has 28 heavy (non-hydrogen) atoms. The van der Waals surface area contributed by atoms with Gasteiger partial charge in [0.05, 0.1) is 12.3 Å². The number of halogens is 3. The van der Waals surface area contributed by atoms with Gasteiger partial charge >= 0.3 is 0 Å². The van der Waals surface area contributed by atoms with Gasteiger partial charge in [-0.3, -0.25) is 4.79 Å². The molecule has 144 valence electrons. The molecule has 0 radical (unpaired) electrons.